The van der Waals surface area contributed by atoms with Crippen LogP contribution in [-0.4, -0.2) is 23.2 Å². The van der Waals surface area contributed by atoms with Gasteiger partial charge in [-0.25, -0.2) is 0 Å². The molecule has 0 amide bonds. The molecule has 3 aromatic rings. The fourth-order valence-corrected chi connectivity index (χ4v) is 2.02. The summed E-state index contributed by atoms with van der Waals surface area (Å²) in [7, 11) is 0. The molecule has 0 atom stereocenters. The van der Waals surface area contributed by atoms with Gasteiger partial charge in [0.05, 0.1) is 13.3 Å². The molecule has 0 fully saturated rings. The van der Waals surface area contributed by atoms with Crippen LogP contribution in [0.1, 0.15) is 6.42 Å². The number of pyridine rings is 1. The molecule has 1 N–H and O–H groups in total. The number of H-pyrrole nitrogens is 1. The fraction of sp³-hybridized carbons (Fsp3) is 0.188. The predicted octanol–water partition coefficient (Wildman–Crippen LogP) is 4.09. The second-order valence-electron chi connectivity index (χ2n) is 4.54. The normalized spacial score (nSPS) is 10.7. The van der Waals surface area contributed by atoms with Gasteiger partial charge in [-0.05, 0) is 24.3 Å². The molecule has 0 aliphatic rings. The number of halogens is 1. The number of aromatic nitrogens is 2. The lowest BCUT2D eigenvalue weighted by molar-refractivity contribution is 0.279. The summed E-state index contributed by atoms with van der Waals surface area (Å²) >= 11 is 0. The SMILES string of the molecule is FCCCOc1cc2[nH]ccc2cc1Oc1ccncc1. The minimum atomic E-state index is -0.398. The minimum absolute atomic E-state index is 0.315. The van der Waals surface area contributed by atoms with Gasteiger partial charge in [-0.1, -0.05) is 0 Å². The molecular weight excluding hydrogens is 271 g/mol. The third-order valence-corrected chi connectivity index (χ3v) is 3.03. The Kier molecular flexibility index (Phi) is 4.00. The molecule has 0 bridgehead atoms. The van der Waals surface area contributed by atoms with Gasteiger partial charge in [-0.3, -0.25) is 9.37 Å². The number of ether oxygens (including phenoxy) is 2. The fourth-order valence-electron chi connectivity index (χ4n) is 2.02. The number of nitrogens with one attached hydrogen (secondary N) is 1. The van der Waals surface area contributed by atoms with Gasteiger partial charge in [0.2, 0.25) is 0 Å². The molecule has 5 heteroatoms. The highest BCUT2D eigenvalue weighted by Crippen LogP contribution is 2.35. The van der Waals surface area contributed by atoms with Crippen LogP contribution in [0.25, 0.3) is 10.9 Å². The van der Waals surface area contributed by atoms with E-state index in [9.17, 15) is 4.39 Å². The third kappa shape index (κ3) is 3.13. The maximum absolute atomic E-state index is 12.2. The number of hydrogen-bond donors (Lipinski definition) is 1. The third-order valence-electron chi connectivity index (χ3n) is 3.03. The zero-order chi connectivity index (χ0) is 14.5. The van der Waals surface area contributed by atoms with Crippen LogP contribution in [0.5, 0.6) is 17.2 Å². The second kappa shape index (κ2) is 6.26. The molecule has 2 aromatic heterocycles. The number of hydrogen-bond acceptors (Lipinski definition) is 3. The first-order chi connectivity index (χ1) is 10.4. The van der Waals surface area contributed by atoms with E-state index >= 15 is 0 Å². The van der Waals surface area contributed by atoms with Crippen LogP contribution in [0, 0.1) is 0 Å². The molecule has 0 radical (unpaired) electrons. The summed E-state index contributed by atoms with van der Waals surface area (Å²) in [5.74, 6) is 1.87. The zero-order valence-corrected chi connectivity index (χ0v) is 11.4. The van der Waals surface area contributed by atoms with E-state index in [2.05, 4.69) is 9.97 Å². The summed E-state index contributed by atoms with van der Waals surface area (Å²) in [6.45, 7) is -0.0826. The lowest BCUT2D eigenvalue weighted by atomic mass is 10.2. The molecule has 4 nitrogen and oxygen atoms in total. The molecule has 0 aliphatic carbocycles. The smallest absolute Gasteiger partial charge is 0.170 e. The highest BCUT2D eigenvalue weighted by Gasteiger charge is 2.10. The van der Waals surface area contributed by atoms with Crippen molar-refractivity contribution >= 4 is 10.9 Å². The predicted molar refractivity (Wildman–Crippen MR) is 78.7 cm³/mol. The molecular formula is C16H15FN2O2. The minimum Gasteiger partial charge on any atom is -0.489 e. The van der Waals surface area contributed by atoms with Gasteiger partial charge < -0.3 is 14.5 Å². The monoisotopic (exact) mass is 286 g/mol. The van der Waals surface area contributed by atoms with E-state index in [4.69, 9.17) is 9.47 Å². The van der Waals surface area contributed by atoms with E-state index in [0.29, 0.717) is 30.3 Å². The van der Waals surface area contributed by atoms with Crippen molar-refractivity contribution in [3.8, 4) is 17.2 Å². The Hall–Kier alpha value is -2.56. The summed E-state index contributed by atoms with van der Waals surface area (Å²) in [6.07, 6.45) is 5.53. The average Bonchev–Trinajstić information content (AvgIpc) is 2.96. The summed E-state index contributed by atoms with van der Waals surface area (Å²) in [4.78, 5) is 7.08. The maximum atomic E-state index is 12.2. The summed E-state index contributed by atoms with van der Waals surface area (Å²) in [5, 5.41) is 1.02. The first-order valence-corrected chi connectivity index (χ1v) is 6.74. The molecule has 0 spiro atoms. The van der Waals surface area contributed by atoms with Crippen molar-refractivity contribution < 1.29 is 13.9 Å². The van der Waals surface area contributed by atoms with E-state index < -0.39 is 6.67 Å². The van der Waals surface area contributed by atoms with Crippen LogP contribution in [0.2, 0.25) is 0 Å². The molecule has 3 rings (SSSR count). The Balaban J connectivity index is 1.91. The Morgan fingerprint density at radius 3 is 2.76 bits per heavy atom. The van der Waals surface area contributed by atoms with Crippen molar-refractivity contribution in [1.29, 1.82) is 0 Å². The van der Waals surface area contributed by atoms with E-state index in [1.807, 2.05) is 24.4 Å². The second-order valence-corrected chi connectivity index (χ2v) is 4.54. The van der Waals surface area contributed by atoms with Crippen LogP contribution in [-0.2, 0) is 0 Å². The Labute approximate surface area is 121 Å². The van der Waals surface area contributed by atoms with Gasteiger partial charge in [0.25, 0.3) is 0 Å². The summed E-state index contributed by atoms with van der Waals surface area (Å²) in [5.41, 5.74) is 0.951. The standard InChI is InChI=1S/C16H15FN2O2/c17-5-1-9-20-15-11-14-12(2-8-19-14)10-16(15)21-13-3-6-18-7-4-13/h2-4,6-8,10-11,19H,1,5,9H2. The van der Waals surface area contributed by atoms with E-state index in [1.54, 1.807) is 24.5 Å². The average molecular weight is 286 g/mol. The summed E-state index contributed by atoms with van der Waals surface area (Å²) in [6, 6.07) is 9.26. The van der Waals surface area contributed by atoms with Crippen molar-refractivity contribution in [3.63, 3.8) is 0 Å². The molecule has 0 saturated heterocycles. The van der Waals surface area contributed by atoms with Crippen molar-refractivity contribution in [2.45, 2.75) is 6.42 Å². The van der Waals surface area contributed by atoms with E-state index in [-0.39, 0.29) is 0 Å². The maximum Gasteiger partial charge on any atom is 0.170 e. The first kappa shape index (κ1) is 13.4. The largest absolute Gasteiger partial charge is 0.489 e. The van der Waals surface area contributed by atoms with Gasteiger partial charge in [0.1, 0.15) is 5.75 Å². The van der Waals surface area contributed by atoms with E-state index in [0.717, 1.165) is 10.9 Å². The van der Waals surface area contributed by atoms with Gasteiger partial charge in [-0.2, -0.15) is 0 Å². The number of benzene rings is 1. The van der Waals surface area contributed by atoms with Crippen molar-refractivity contribution in [2.75, 3.05) is 13.3 Å². The van der Waals surface area contributed by atoms with Crippen LogP contribution in [0.3, 0.4) is 0 Å². The number of aromatic amines is 1. The molecule has 2 heterocycles. The number of nitrogens with zero attached hydrogens (tertiary/aromatic N) is 1. The van der Waals surface area contributed by atoms with Crippen LogP contribution in [0.4, 0.5) is 4.39 Å². The Morgan fingerprint density at radius 2 is 1.95 bits per heavy atom. The quantitative estimate of drug-likeness (QED) is 0.694. The molecule has 108 valence electrons. The van der Waals surface area contributed by atoms with Gasteiger partial charge in [-0.15, -0.1) is 0 Å². The molecule has 21 heavy (non-hydrogen) atoms. The number of rotatable bonds is 6. The van der Waals surface area contributed by atoms with Crippen LogP contribution >= 0.6 is 0 Å². The molecule has 0 aliphatic heterocycles. The Bertz CT molecular complexity index is 713. The molecule has 0 unspecified atom stereocenters. The lowest BCUT2D eigenvalue weighted by Gasteiger charge is -2.12. The van der Waals surface area contributed by atoms with Crippen LogP contribution in [0.15, 0.2) is 48.9 Å². The molecule has 0 saturated carbocycles. The Morgan fingerprint density at radius 1 is 1.10 bits per heavy atom. The lowest BCUT2D eigenvalue weighted by Crippen LogP contribution is -2.00. The number of alkyl halides is 1. The van der Waals surface area contributed by atoms with Crippen molar-refractivity contribution in [3.05, 3.63) is 48.9 Å². The van der Waals surface area contributed by atoms with Crippen LogP contribution < -0.4 is 9.47 Å². The van der Waals surface area contributed by atoms with Gasteiger partial charge in [0.15, 0.2) is 11.5 Å². The van der Waals surface area contributed by atoms with Gasteiger partial charge in [0, 0.05) is 42.0 Å². The summed E-state index contributed by atoms with van der Waals surface area (Å²) < 4.78 is 23.7. The highest BCUT2D eigenvalue weighted by molar-refractivity contribution is 5.83. The van der Waals surface area contributed by atoms with E-state index in [1.165, 1.54) is 0 Å². The van der Waals surface area contributed by atoms with Crippen molar-refractivity contribution in [1.82, 2.24) is 9.97 Å². The highest BCUT2D eigenvalue weighted by atomic mass is 19.1. The van der Waals surface area contributed by atoms with Crippen molar-refractivity contribution in [2.24, 2.45) is 0 Å². The molecule has 1 aromatic carbocycles. The zero-order valence-electron chi connectivity index (χ0n) is 11.4. The van der Waals surface area contributed by atoms with Gasteiger partial charge >= 0.3 is 0 Å². The topological polar surface area (TPSA) is 47.1 Å². The first-order valence-electron chi connectivity index (χ1n) is 6.74. The number of fused-ring (bicyclic) bond motifs is 1.